The van der Waals surface area contributed by atoms with E-state index in [1.165, 1.54) is 0 Å². The molecule has 0 amide bonds. The molecule has 5 nitrogen and oxygen atoms in total. The first-order chi connectivity index (χ1) is 7.73. The van der Waals surface area contributed by atoms with Gasteiger partial charge >= 0.3 is 5.97 Å². The molecule has 0 aromatic rings. The van der Waals surface area contributed by atoms with Gasteiger partial charge in [0.1, 0.15) is 0 Å². The molecule has 99 valence electrons. The second-order valence-corrected chi connectivity index (χ2v) is 5.58. The number of esters is 1. The van der Waals surface area contributed by atoms with Crippen molar-refractivity contribution in [3.8, 4) is 0 Å². The third-order valence-electron chi connectivity index (χ3n) is 3.51. The van der Waals surface area contributed by atoms with Crippen molar-refractivity contribution in [3.05, 3.63) is 0 Å². The van der Waals surface area contributed by atoms with E-state index in [1.54, 1.807) is 13.8 Å². The summed E-state index contributed by atoms with van der Waals surface area (Å²) in [7, 11) is 0. The van der Waals surface area contributed by atoms with Crippen molar-refractivity contribution in [2.75, 3.05) is 6.61 Å². The summed E-state index contributed by atoms with van der Waals surface area (Å²) < 4.78 is 4.74. The Balaban J connectivity index is 2.65. The molecule has 0 spiro atoms. The lowest BCUT2D eigenvalue weighted by Crippen LogP contribution is -2.49. The molecule has 17 heavy (non-hydrogen) atoms. The van der Waals surface area contributed by atoms with Crippen molar-refractivity contribution in [1.29, 1.82) is 0 Å². The number of rotatable bonds is 4. The minimum Gasteiger partial charge on any atom is -0.464 e. The second-order valence-electron chi connectivity index (χ2n) is 5.58. The standard InChI is InChI=1S/C12H22NO4/c1-5-17-10(15)9(14)8-12(4)7-6-11(2,3)13(12)16/h9,14H,5-8H2,1-4H3. The maximum atomic E-state index is 12.1. The van der Waals surface area contributed by atoms with Crippen molar-refractivity contribution >= 4 is 5.97 Å². The Morgan fingerprint density at radius 3 is 2.41 bits per heavy atom. The number of aliphatic hydroxyl groups is 1. The number of hydroxylamine groups is 2. The smallest absolute Gasteiger partial charge is 0.335 e. The summed E-state index contributed by atoms with van der Waals surface area (Å²) in [6, 6.07) is 0. The van der Waals surface area contributed by atoms with Crippen molar-refractivity contribution in [1.82, 2.24) is 5.06 Å². The SMILES string of the molecule is CCOC(=O)C(O)CC1(C)CCC(C)(C)N1[O]. The van der Waals surface area contributed by atoms with Crippen LogP contribution in [-0.4, -0.2) is 39.9 Å². The Bertz CT molecular complexity index is 292. The zero-order chi connectivity index (χ0) is 13.3. The minimum absolute atomic E-state index is 0.124. The molecule has 1 N–H and O–H groups in total. The highest BCUT2D eigenvalue weighted by molar-refractivity contribution is 5.74. The second kappa shape index (κ2) is 4.92. The molecule has 1 fully saturated rings. The van der Waals surface area contributed by atoms with Crippen LogP contribution < -0.4 is 0 Å². The van der Waals surface area contributed by atoms with E-state index >= 15 is 0 Å². The van der Waals surface area contributed by atoms with Crippen LogP contribution >= 0.6 is 0 Å². The first kappa shape index (κ1) is 14.4. The molecular formula is C12H22NO4. The molecule has 5 heteroatoms. The molecule has 1 saturated heterocycles. The maximum absolute atomic E-state index is 12.1. The normalized spacial score (nSPS) is 30.2. The fraction of sp³-hybridized carbons (Fsp3) is 0.917. The van der Waals surface area contributed by atoms with Gasteiger partial charge in [-0.05, 0) is 40.5 Å². The highest BCUT2D eigenvalue weighted by atomic mass is 16.5. The summed E-state index contributed by atoms with van der Waals surface area (Å²) in [4.78, 5) is 11.3. The molecule has 1 rings (SSSR count). The van der Waals surface area contributed by atoms with Gasteiger partial charge in [0.05, 0.1) is 12.1 Å². The molecule has 0 aliphatic carbocycles. The molecule has 2 unspecified atom stereocenters. The van der Waals surface area contributed by atoms with Crippen LogP contribution in [0.3, 0.4) is 0 Å². The predicted octanol–water partition coefficient (Wildman–Crippen LogP) is 1.28. The fourth-order valence-corrected chi connectivity index (χ4v) is 2.43. The summed E-state index contributed by atoms with van der Waals surface area (Å²) >= 11 is 0. The van der Waals surface area contributed by atoms with Crippen LogP contribution in [0.25, 0.3) is 0 Å². The number of aliphatic hydroxyl groups excluding tert-OH is 1. The maximum Gasteiger partial charge on any atom is 0.335 e. The van der Waals surface area contributed by atoms with Crippen molar-refractivity contribution in [2.45, 2.75) is 64.1 Å². The average molecular weight is 244 g/mol. The molecule has 1 radical (unpaired) electrons. The Kier molecular flexibility index (Phi) is 4.17. The van der Waals surface area contributed by atoms with E-state index in [0.717, 1.165) is 11.5 Å². The van der Waals surface area contributed by atoms with Gasteiger partial charge in [0.15, 0.2) is 6.10 Å². The first-order valence-electron chi connectivity index (χ1n) is 6.05. The summed E-state index contributed by atoms with van der Waals surface area (Å²) in [6.07, 6.45) is 0.353. The monoisotopic (exact) mass is 244 g/mol. The lowest BCUT2D eigenvalue weighted by atomic mass is 9.92. The van der Waals surface area contributed by atoms with E-state index < -0.39 is 23.2 Å². The Morgan fingerprint density at radius 1 is 1.41 bits per heavy atom. The number of hydrogen-bond donors (Lipinski definition) is 1. The average Bonchev–Trinajstić information content (AvgIpc) is 2.43. The van der Waals surface area contributed by atoms with E-state index in [9.17, 15) is 15.1 Å². The highest BCUT2D eigenvalue weighted by Gasteiger charge is 2.49. The van der Waals surface area contributed by atoms with Crippen LogP contribution in [0.15, 0.2) is 0 Å². The highest BCUT2D eigenvalue weighted by Crippen LogP contribution is 2.42. The number of carbonyl (C=O) groups is 1. The van der Waals surface area contributed by atoms with Gasteiger partial charge in [-0.1, -0.05) is 0 Å². The van der Waals surface area contributed by atoms with E-state index in [-0.39, 0.29) is 13.0 Å². The number of hydrogen-bond acceptors (Lipinski definition) is 4. The molecule has 0 saturated carbocycles. The quantitative estimate of drug-likeness (QED) is 0.756. The number of ether oxygens (including phenoxy) is 1. The third-order valence-corrected chi connectivity index (χ3v) is 3.51. The fourth-order valence-electron chi connectivity index (χ4n) is 2.43. The Morgan fingerprint density at radius 2 is 2.00 bits per heavy atom. The van der Waals surface area contributed by atoms with Gasteiger partial charge in [-0.2, -0.15) is 0 Å². The number of nitrogens with zero attached hydrogens (tertiary/aromatic N) is 1. The summed E-state index contributed by atoms with van der Waals surface area (Å²) in [5.74, 6) is -0.646. The summed E-state index contributed by atoms with van der Waals surface area (Å²) in [6.45, 7) is 7.46. The molecule has 1 aliphatic rings. The lowest BCUT2D eigenvalue weighted by Gasteiger charge is -2.35. The minimum atomic E-state index is -1.22. The molecule has 1 heterocycles. The van der Waals surface area contributed by atoms with Crippen LogP contribution in [0.5, 0.6) is 0 Å². The van der Waals surface area contributed by atoms with E-state index in [4.69, 9.17) is 4.74 Å². The topological polar surface area (TPSA) is 69.7 Å². The van der Waals surface area contributed by atoms with Crippen molar-refractivity contribution in [2.24, 2.45) is 0 Å². The van der Waals surface area contributed by atoms with Crippen LogP contribution in [0.1, 0.15) is 47.0 Å². The van der Waals surface area contributed by atoms with Crippen molar-refractivity contribution in [3.63, 3.8) is 0 Å². The molecule has 2 atom stereocenters. The Hall–Kier alpha value is -0.650. The number of carbonyl (C=O) groups excluding carboxylic acids is 1. The first-order valence-corrected chi connectivity index (χ1v) is 6.05. The molecular weight excluding hydrogens is 222 g/mol. The zero-order valence-corrected chi connectivity index (χ0v) is 11.0. The van der Waals surface area contributed by atoms with Gasteiger partial charge < -0.3 is 9.84 Å². The predicted molar refractivity (Wildman–Crippen MR) is 61.5 cm³/mol. The molecule has 1 aliphatic heterocycles. The van der Waals surface area contributed by atoms with E-state index in [0.29, 0.717) is 6.42 Å². The van der Waals surface area contributed by atoms with Crippen molar-refractivity contribution < 1.29 is 19.8 Å². The van der Waals surface area contributed by atoms with Crippen LogP contribution in [0, 0.1) is 0 Å². The van der Waals surface area contributed by atoms with Crippen LogP contribution in [0.4, 0.5) is 0 Å². The largest absolute Gasteiger partial charge is 0.464 e. The van der Waals surface area contributed by atoms with Crippen LogP contribution in [0.2, 0.25) is 0 Å². The lowest BCUT2D eigenvalue weighted by molar-refractivity contribution is -0.254. The van der Waals surface area contributed by atoms with E-state index in [2.05, 4.69) is 0 Å². The van der Waals surface area contributed by atoms with Gasteiger partial charge in [0, 0.05) is 12.0 Å². The van der Waals surface area contributed by atoms with Gasteiger partial charge in [0.2, 0.25) is 0 Å². The summed E-state index contributed by atoms with van der Waals surface area (Å²) in [5.41, 5.74) is -1.11. The molecule has 0 aromatic carbocycles. The van der Waals surface area contributed by atoms with Crippen LogP contribution in [-0.2, 0) is 14.7 Å². The van der Waals surface area contributed by atoms with Gasteiger partial charge in [-0.15, -0.1) is 10.3 Å². The molecule has 0 aromatic heterocycles. The zero-order valence-electron chi connectivity index (χ0n) is 11.0. The Labute approximate surface area is 102 Å². The molecule has 0 bridgehead atoms. The third kappa shape index (κ3) is 2.97. The van der Waals surface area contributed by atoms with Gasteiger partial charge in [-0.3, -0.25) is 0 Å². The van der Waals surface area contributed by atoms with E-state index in [1.807, 2.05) is 13.8 Å². The van der Waals surface area contributed by atoms with Gasteiger partial charge in [0.25, 0.3) is 0 Å². The summed E-state index contributed by atoms with van der Waals surface area (Å²) in [5, 5.41) is 22.9. The van der Waals surface area contributed by atoms with Gasteiger partial charge in [-0.25, -0.2) is 4.79 Å².